The molecular weight excluding hydrogens is 433 g/mol. The molecule has 2 aromatic rings. The number of rotatable bonds is 10. The molecule has 1 atom stereocenters. The van der Waals surface area contributed by atoms with Crippen LogP contribution in [0, 0.1) is 11.2 Å². The highest BCUT2D eigenvalue weighted by atomic mass is 19.1. The lowest BCUT2D eigenvalue weighted by Gasteiger charge is -2.15. The minimum atomic E-state index is -0.805. The van der Waals surface area contributed by atoms with Crippen LogP contribution >= 0.6 is 0 Å². The fraction of sp³-hybridized carbons (Fsp3) is 0.261. The van der Waals surface area contributed by atoms with Gasteiger partial charge in [-0.1, -0.05) is 0 Å². The number of halogens is 1. The molecule has 2 rings (SSSR count). The minimum Gasteiger partial charge on any atom is -0.488 e. The average molecular weight is 459 g/mol. The second-order valence-corrected chi connectivity index (χ2v) is 6.76. The molecule has 0 saturated heterocycles. The summed E-state index contributed by atoms with van der Waals surface area (Å²) >= 11 is 0. The van der Waals surface area contributed by atoms with Crippen LogP contribution in [0.4, 0.5) is 4.39 Å². The van der Waals surface area contributed by atoms with Crippen LogP contribution in [0.3, 0.4) is 0 Å². The maximum Gasteiger partial charge on any atom is 0.338 e. The standard InChI is InChI=1S/C23H26FN3O6/c1-4-31-23(30)15-5-6-20(19(24)11-15)33-18-10-16(9-17(12-18)32-14(2)13-28)22(29)27-21(25)7-8-26-3/h5-12,14,26,28H,4,13H2,1-3H3,(H2,25,27,29)/b8-7-/t14-/m0/s1. The zero-order valence-electron chi connectivity index (χ0n) is 18.5. The summed E-state index contributed by atoms with van der Waals surface area (Å²) in [5.41, 5.74) is 0.113. The largest absolute Gasteiger partial charge is 0.488 e. The van der Waals surface area contributed by atoms with Gasteiger partial charge in [-0.2, -0.15) is 0 Å². The SMILES string of the molecule is CCOC(=O)c1ccc(Oc2cc(O[C@@H](C)CO)cc(C(=O)NC(=N)/C=C\NC)c2)c(F)c1. The van der Waals surface area contributed by atoms with Crippen LogP contribution in [0.15, 0.2) is 48.7 Å². The molecule has 0 unspecified atom stereocenters. The van der Waals surface area contributed by atoms with Crippen molar-refractivity contribution in [1.82, 2.24) is 10.6 Å². The van der Waals surface area contributed by atoms with Crippen LogP contribution < -0.4 is 20.1 Å². The maximum atomic E-state index is 14.5. The first-order chi connectivity index (χ1) is 15.8. The van der Waals surface area contributed by atoms with E-state index in [9.17, 15) is 19.1 Å². The number of carbonyl (C=O) groups is 2. The third kappa shape index (κ3) is 7.62. The normalized spacial score (nSPS) is 11.5. The van der Waals surface area contributed by atoms with Gasteiger partial charge in [-0.05, 0) is 56.5 Å². The Labute approximate surface area is 190 Å². The Morgan fingerprint density at radius 2 is 1.91 bits per heavy atom. The van der Waals surface area contributed by atoms with Gasteiger partial charge in [0.2, 0.25) is 0 Å². The third-order valence-electron chi connectivity index (χ3n) is 4.07. The minimum absolute atomic E-state index is 0.0313. The molecule has 0 aliphatic heterocycles. The summed E-state index contributed by atoms with van der Waals surface area (Å²) in [5, 5.41) is 22.1. The molecular formula is C23H26FN3O6. The van der Waals surface area contributed by atoms with E-state index < -0.39 is 23.8 Å². The number of aliphatic hydroxyl groups excluding tert-OH is 1. The number of nitrogens with one attached hydrogen (secondary N) is 3. The van der Waals surface area contributed by atoms with Crippen molar-refractivity contribution in [2.24, 2.45) is 0 Å². The summed E-state index contributed by atoms with van der Waals surface area (Å²) in [4.78, 5) is 24.4. The van der Waals surface area contributed by atoms with E-state index in [-0.39, 0.29) is 47.4 Å². The molecule has 33 heavy (non-hydrogen) atoms. The number of amidine groups is 1. The molecule has 0 aliphatic carbocycles. The van der Waals surface area contributed by atoms with Gasteiger partial charge in [-0.25, -0.2) is 9.18 Å². The molecule has 0 aliphatic rings. The summed E-state index contributed by atoms with van der Waals surface area (Å²) in [7, 11) is 1.65. The Bertz CT molecular complexity index is 1040. The molecule has 0 bridgehead atoms. The lowest BCUT2D eigenvalue weighted by atomic mass is 10.1. The van der Waals surface area contributed by atoms with Crippen LogP contribution in [0.2, 0.25) is 0 Å². The summed E-state index contributed by atoms with van der Waals surface area (Å²) in [5.74, 6) is -2.17. The molecule has 0 heterocycles. The van der Waals surface area contributed by atoms with Gasteiger partial charge in [0.05, 0.1) is 18.8 Å². The first-order valence-corrected chi connectivity index (χ1v) is 10.1. The number of hydrogen-bond donors (Lipinski definition) is 4. The molecule has 2 aromatic carbocycles. The van der Waals surface area contributed by atoms with Crippen molar-refractivity contribution in [3.05, 3.63) is 65.6 Å². The summed E-state index contributed by atoms with van der Waals surface area (Å²) in [6, 6.07) is 7.79. The molecule has 1 amide bonds. The highest BCUT2D eigenvalue weighted by Crippen LogP contribution is 2.30. The van der Waals surface area contributed by atoms with Gasteiger partial charge in [0.15, 0.2) is 11.6 Å². The predicted octanol–water partition coefficient (Wildman–Crippen LogP) is 2.99. The number of hydrogen-bond acceptors (Lipinski definition) is 8. The van der Waals surface area contributed by atoms with Gasteiger partial charge in [0.25, 0.3) is 5.91 Å². The van der Waals surface area contributed by atoms with Crippen molar-refractivity contribution in [1.29, 1.82) is 5.41 Å². The van der Waals surface area contributed by atoms with Crippen LogP contribution in [-0.2, 0) is 4.74 Å². The van der Waals surface area contributed by atoms with Crippen molar-refractivity contribution in [2.45, 2.75) is 20.0 Å². The number of carbonyl (C=O) groups excluding carboxylic acids is 2. The van der Waals surface area contributed by atoms with E-state index in [2.05, 4.69) is 10.6 Å². The topological polar surface area (TPSA) is 130 Å². The van der Waals surface area contributed by atoms with Crippen molar-refractivity contribution >= 4 is 17.7 Å². The second kappa shape index (κ2) is 12.2. The number of amides is 1. The van der Waals surface area contributed by atoms with Gasteiger partial charge in [-0.15, -0.1) is 0 Å². The zero-order valence-corrected chi connectivity index (χ0v) is 18.5. The quantitative estimate of drug-likeness (QED) is 0.244. The van der Waals surface area contributed by atoms with E-state index in [0.717, 1.165) is 6.07 Å². The molecule has 10 heteroatoms. The molecule has 176 valence electrons. The summed E-state index contributed by atoms with van der Waals surface area (Å²) < 4.78 is 30.5. The van der Waals surface area contributed by atoms with Crippen molar-refractivity contribution in [3.63, 3.8) is 0 Å². The lowest BCUT2D eigenvalue weighted by molar-refractivity contribution is 0.0525. The smallest absolute Gasteiger partial charge is 0.338 e. The van der Waals surface area contributed by atoms with E-state index in [1.807, 2.05) is 0 Å². The Balaban J connectivity index is 2.33. The highest BCUT2D eigenvalue weighted by Gasteiger charge is 2.16. The van der Waals surface area contributed by atoms with Gasteiger partial charge >= 0.3 is 5.97 Å². The molecule has 0 fully saturated rings. The molecule has 0 saturated carbocycles. The van der Waals surface area contributed by atoms with Crippen molar-refractivity contribution in [3.8, 4) is 17.2 Å². The van der Waals surface area contributed by atoms with Crippen LogP contribution in [0.25, 0.3) is 0 Å². The van der Waals surface area contributed by atoms with E-state index in [0.29, 0.717) is 0 Å². The van der Waals surface area contributed by atoms with Gasteiger partial charge in [0, 0.05) is 18.7 Å². The maximum absolute atomic E-state index is 14.5. The van der Waals surface area contributed by atoms with Gasteiger partial charge in [0.1, 0.15) is 23.4 Å². The first-order valence-electron chi connectivity index (χ1n) is 10.1. The van der Waals surface area contributed by atoms with Crippen LogP contribution in [0.5, 0.6) is 17.2 Å². The number of aliphatic hydroxyl groups is 1. The molecule has 0 spiro atoms. The summed E-state index contributed by atoms with van der Waals surface area (Å²) in [6.45, 7) is 3.16. The molecule has 4 N–H and O–H groups in total. The predicted molar refractivity (Wildman–Crippen MR) is 119 cm³/mol. The van der Waals surface area contributed by atoms with Crippen LogP contribution in [-0.4, -0.2) is 49.2 Å². The number of esters is 1. The lowest BCUT2D eigenvalue weighted by Crippen LogP contribution is -2.28. The van der Waals surface area contributed by atoms with E-state index in [1.165, 1.54) is 42.6 Å². The third-order valence-corrected chi connectivity index (χ3v) is 4.07. The monoisotopic (exact) mass is 459 g/mol. The second-order valence-electron chi connectivity index (χ2n) is 6.76. The Morgan fingerprint density at radius 1 is 1.18 bits per heavy atom. The van der Waals surface area contributed by atoms with Gasteiger partial charge < -0.3 is 30.0 Å². The zero-order chi connectivity index (χ0) is 24.4. The van der Waals surface area contributed by atoms with Crippen molar-refractivity contribution < 1.29 is 33.3 Å². The number of ether oxygens (including phenoxy) is 3. The number of benzene rings is 2. The van der Waals surface area contributed by atoms with E-state index >= 15 is 0 Å². The molecule has 9 nitrogen and oxygen atoms in total. The Morgan fingerprint density at radius 3 is 2.55 bits per heavy atom. The fourth-order valence-electron chi connectivity index (χ4n) is 2.55. The van der Waals surface area contributed by atoms with Crippen LogP contribution in [0.1, 0.15) is 34.6 Å². The van der Waals surface area contributed by atoms with E-state index in [4.69, 9.17) is 19.6 Å². The van der Waals surface area contributed by atoms with Crippen molar-refractivity contribution in [2.75, 3.05) is 20.3 Å². The van der Waals surface area contributed by atoms with E-state index in [1.54, 1.807) is 20.9 Å². The molecule has 0 aromatic heterocycles. The Kier molecular flexibility index (Phi) is 9.37. The fourth-order valence-corrected chi connectivity index (χ4v) is 2.55. The molecule has 0 radical (unpaired) electrons. The Hall–Kier alpha value is -3.92. The van der Waals surface area contributed by atoms with Gasteiger partial charge in [-0.3, -0.25) is 10.2 Å². The first kappa shape index (κ1) is 25.3. The summed E-state index contributed by atoms with van der Waals surface area (Å²) in [6.07, 6.45) is 2.25. The average Bonchev–Trinajstić information content (AvgIpc) is 2.78. The highest BCUT2D eigenvalue weighted by molar-refractivity contribution is 6.09.